The number of nitrogens with one attached hydrogen (secondary N) is 2. The molecule has 9 heteroatoms. The van der Waals surface area contributed by atoms with E-state index in [4.69, 9.17) is 16.7 Å². The topological polar surface area (TPSA) is 61.2 Å². The molecule has 0 saturated carbocycles. The van der Waals surface area contributed by atoms with Crippen LogP contribution < -0.4 is 10.9 Å². The number of thiazole rings is 1. The summed E-state index contributed by atoms with van der Waals surface area (Å²) >= 11 is 8.51. The Labute approximate surface area is 184 Å². The maximum absolute atomic E-state index is 6.93. The Hall–Kier alpha value is -2.39. The smallest absolute Gasteiger partial charge is 0.152 e. The van der Waals surface area contributed by atoms with Crippen molar-refractivity contribution in [2.75, 3.05) is 45.2 Å². The molecule has 2 aromatic heterocycles. The molecule has 7 nitrogen and oxygen atoms in total. The number of aromatic nitrogens is 3. The fraction of sp³-hybridized carbons (Fsp3) is 0.333. The molecular weight excluding hydrogens is 418 g/mol. The van der Waals surface area contributed by atoms with Crippen LogP contribution in [0.2, 0.25) is 0 Å². The van der Waals surface area contributed by atoms with E-state index in [1.807, 2.05) is 40.4 Å². The SMILES string of the molecule is CN1CCN(CCn2nc(-c3nccs3)c3c2NNC(c2ccccc2)=C3Cl)CC1. The maximum Gasteiger partial charge on any atom is 0.152 e. The number of anilines is 1. The lowest BCUT2D eigenvalue weighted by Crippen LogP contribution is -2.45. The van der Waals surface area contributed by atoms with E-state index in [0.29, 0.717) is 5.03 Å². The first kappa shape index (κ1) is 19.6. The van der Waals surface area contributed by atoms with Crippen molar-refractivity contribution in [3.63, 3.8) is 0 Å². The normalized spacial score (nSPS) is 17.5. The van der Waals surface area contributed by atoms with Crippen LogP contribution in [0.15, 0.2) is 41.9 Å². The summed E-state index contributed by atoms with van der Waals surface area (Å²) in [6.45, 7) is 6.13. The average molecular weight is 442 g/mol. The number of benzene rings is 1. The van der Waals surface area contributed by atoms with E-state index < -0.39 is 0 Å². The minimum Gasteiger partial charge on any atom is -0.304 e. The number of halogens is 1. The number of likely N-dealkylation sites (N-methyl/N-ethyl adjacent to an activating group) is 1. The van der Waals surface area contributed by atoms with Crippen molar-refractivity contribution in [1.82, 2.24) is 30.0 Å². The number of piperazine rings is 1. The zero-order valence-electron chi connectivity index (χ0n) is 16.8. The van der Waals surface area contributed by atoms with E-state index >= 15 is 0 Å². The third-order valence-electron chi connectivity index (χ3n) is 5.62. The highest BCUT2D eigenvalue weighted by Crippen LogP contribution is 2.42. The van der Waals surface area contributed by atoms with Gasteiger partial charge in [0, 0.05) is 49.9 Å². The molecule has 1 fully saturated rings. The fourth-order valence-electron chi connectivity index (χ4n) is 3.86. The van der Waals surface area contributed by atoms with Crippen LogP contribution in [0.5, 0.6) is 0 Å². The third kappa shape index (κ3) is 3.72. The molecule has 4 heterocycles. The van der Waals surface area contributed by atoms with E-state index in [-0.39, 0.29) is 0 Å². The molecule has 0 spiro atoms. The summed E-state index contributed by atoms with van der Waals surface area (Å²) in [6.07, 6.45) is 1.81. The van der Waals surface area contributed by atoms with Crippen LogP contribution in [0.3, 0.4) is 0 Å². The molecule has 2 aliphatic rings. The summed E-state index contributed by atoms with van der Waals surface area (Å²) in [5, 5.41) is 8.42. The van der Waals surface area contributed by atoms with Gasteiger partial charge in [-0.25, -0.2) is 9.67 Å². The van der Waals surface area contributed by atoms with Gasteiger partial charge in [-0.15, -0.1) is 11.3 Å². The quantitative estimate of drug-likeness (QED) is 0.633. The van der Waals surface area contributed by atoms with E-state index in [1.165, 1.54) is 0 Å². The summed E-state index contributed by atoms with van der Waals surface area (Å²) in [5.74, 6) is 0.888. The van der Waals surface area contributed by atoms with Gasteiger partial charge in [-0.3, -0.25) is 15.8 Å². The number of fused-ring (bicyclic) bond motifs is 1. The molecule has 156 valence electrons. The zero-order chi connectivity index (χ0) is 20.5. The van der Waals surface area contributed by atoms with Crippen molar-refractivity contribution in [2.45, 2.75) is 6.54 Å². The Morgan fingerprint density at radius 3 is 2.60 bits per heavy atom. The lowest BCUT2D eigenvalue weighted by atomic mass is 10.1. The van der Waals surface area contributed by atoms with Crippen LogP contribution in [-0.2, 0) is 6.54 Å². The van der Waals surface area contributed by atoms with Crippen molar-refractivity contribution in [2.24, 2.45) is 0 Å². The summed E-state index contributed by atoms with van der Waals surface area (Å²) in [6, 6.07) is 10.1. The van der Waals surface area contributed by atoms with Crippen molar-refractivity contribution in [3.8, 4) is 10.7 Å². The van der Waals surface area contributed by atoms with Crippen molar-refractivity contribution in [1.29, 1.82) is 0 Å². The molecule has 0 atom stereocenters. The predicted molar refractivity (Wildman–Crippen MR) is 123 cm³/mol. The van der Waals surface area contributed by atoms with Gasteiger partial charge in [0.15, 0.2) is 5.82 Å². The maximum atomic E-state index is 6.93. The van der Waals surface area contributed by atoms with Gasteiger partial charge in [0.25, 0.3) is 0 Å². The van der Waals surface area contributed by atoms with Crippen molar-refractivity contribution < 1.29 is 0 Å². The van der Waals surface area contributed by atoms with Crippen LogP contribution in [0.1, 0.15) is 11.1 Å². The number of nitrogens with zero attached hydrogens (tertiary/aromatic N) is 5. The van der Waals surface area contributed by atoms with E-state index in [0.717, 1.165) is 72.6 Å². The lowest BCUT2D eigenvalue weighted by Gasteiger charge is -2.32. The summed E-state index contributed by atoms with van der Waals surface area (Å²) in [4.78, 5) is 9.35. The zero-order valence-corrected chi connectivity index (χ0v) is 18.4. The number of hydrazine groups is 1. The second kappa shape index (κ2) is 8.39. The van der Waals surface area contributed by atoms with Gasteiger partial charge in [0.05, 0.1) is 22.8 Å². The summed E-state index contributed by atoms with van der Waals surface area (Å²) in [7, 11) is 2.18. The Morgan fingerprint density at radius 2 is 1.87 bits per heavy atom. The summed E-state index contributed by atoms with van der Waals surface area (Å²) < 4.78 is 2.02. The van der Waals surface area contributed by atoms with Crippen LogP contribution in [0.25, 0.3) is 21.4 Å². The molecule has 0 bridgehead atoms. The van der Waals surface area contributed by atoms with E-state index in [1.54, 1.807) is 17.5 Å². The van der Waals surface area contributed by atoms with Crippen molar-refractivity contribution in [3.05, 3.63) is 53.0 Å². The Morgan fingerprint density at radius 1 is 1.07 bits per heavy atom. The van der Waals surface area contributed by atoms with Gasteiger partial charge >= 0.3 is 0 Å². The highest BCUT2D eigenvalue weighted by Gasteiger charge is 2.29. The molecular formula is C21H24ClN7S. The second-order valence-electron chi connectivity index (χ2n) is 7.58. The molecule has 1 aromatic carbocycles. The molecule has 0 amide bonds. The molecule has 30 heavy (non-hydrogen) atoms. The Bertz CT molecular complexity index is 1040. The number of hydrogen-bond donors (Lipinski definition) is 2. The molecule has 0 radical (unpaired) electrons. The minimum atomic E-state index is 0.658. The predicted octanol–water partition coefficient (Wildman–Crippen LogP) is 3.25. The standard InChI is InChI=1S/C21H24ClN7S/c1-27-8-10-28(11-9-27)12-13-29-20-16(19(26-29)21-23-7-14-30-21)17(22)18(24-25-20)15-5-3-2-4-6-15/h2-7,14,24-25H,8-13H2,1H3. The minimum absolute atomic E-state index is 0.658. The first-order valence-electron chi connectivity index (χ1n) is 10.1. The molecule has 2 N–H and O–H groups in total. The van der Waals surface area contributed by atoms with Crippen LogP contribution in [0, 0.1) is 0 Å². The van der Waals surface area contributed by atoms with E-state index in [9.17, 15) is 0 Å². The van der Waals surface area contributed by atoms with Gasteiger partial charge in [0.1, 0.15) is 10.7 Å². The largest absolute Gasteiger partial charge is 0.304 e. The van der Waals surface area contributed by atoms with Gasteiger partial charge in [-0.2, -0.15) is 5.10 Å². The van der Waals surface area contributed by atoms with Crippen LogP contribution in [0.4, 0.5) is 5.82 Å². The van der Waals surface area contributed by atoms with Gasteiger partial charge < -0.3 is 4.90 Å². The first-order chi connectivity index (χ1) is 14.7. The lowest BCUT2D eigenvalue weighted by molar-refractivity contribution is 0.149. The van der Waals surface area contributed by atoms with Gasteiger partial charge in [0.2, 0.25) is 0 Å². The molecule has 2 aliphatic heterocycles. The molecule has 1 saturated heterocycles. The highest BCUT2D eigenvalue weighted by molar-refractivity contribution is 7.13. The second-order valence-corrected chi connectivity index (χ2v) is 8.86. The number of hydrogen-bond acceptors (Lipinski definition) is 7. The number of rotatable bonds is 5. The first-order valence-corrected chi connectivity index (χ1v) is 11.4. The molecule has 0 aliphatic carbocycles. The monoisotopic (exact) mass is 441 g/mol. The Kier molecular flexibility index (Phi) is 5.47. The average Bonchev–Trinajstić information content (AvgIpc) is 3.43. The Balaban J connectivity index is 1.49. The molecule has 3 aromatic rings. The molecule has 5 rings (SSSR count). The van der Waals surface area contributed by atoms with Crippen LogP contribution in [-0.4, -0.2) is 64.3 Å². The van der Waals surface area contributed by atoms with Crippen LogP contribution >= 0.6 is 22.9 Å². The highest BCUT2D eigenvalue weighted by atomic mass is 35.5. The van der Waals surface area contributed by atoms with Gasteiger partial charge in [-0.05, 0) is 7.05 Å². The fourth-order valence-corrected chi connectivity index (χ4v) is 4.82. The summed E-state index contributed by atoms with van der Waals surface area (Å²) in [5.41, 5.74) is 10.2. The van der Waals surface area contributed by atoms with Gasteiger partial charge in [-0.1, -0.05) is 41.9 Å². The third-order valence-corrected chi connectivity index (χ3v) is 6.78. The molecule has 0 unspecified atom stereocenters. The van der Waals surface area contributed by atoms with E-state index in [2.05, 4.69) is 32.7 Å². The van der Waals surface area contributed by atoms with Crippen molar-refractivity contribution >= 4 is 39.5 Å².